The summed E-state index contributed by atoms with van der Waals surface area (Å²) in [5, 5.41) is 0. The van der Waals surface area contributed by atoms with Crippen LogP contribution >= 0.6 is 0 Å². The number of ether oxygens (including phenoxy) is 1. The SMILES string of the molecule is CCOc1ccc(-c2cc(N3CCN(C(=O)c4ccc(S(=O)(=O)N(C)C)cc4)CC3)ncn2)cc1. The van der Waals surface area contributed by atoms with Gasteiger partial charge in [0.2, 0.25) is 10.0 Å². The van der Waals surface area contributed by atoms with Gasteiger partial charge in [0.1, 0.15) is 17.9 Å². The van der Waals surface area contributed by atoms with E-state index in [-0.39, 0.29) is 10.8 Å². The molecule has 0 unspecified atom stereocenters. The fraction of sp³-hybridized carbons (Fsp3) is 0.320. The van der Waals surface area contributed by atoms with Gasteiger partial charge in [-0.2, -0.15) is 0 Å². The third-order valence-electron chi connectivity index (χ3n) is 5.88. The quantitative estimate of drug-likeness (QED) is 0.497. The van der Waals surface area contributed by atoms with E-state index in [9.17, 15) is 13.2 Å². The van der Waals surface area contributed by atoms with Crippen molar-refractivity contribution in [2.24, 2.45) is 0 Å². The zero-order valence-corrected chi connectivity index (χ0v) is 20.9. The fourth-order valence-electron chi connectivity index (χ4n) is 3.87. The van der Waals surface area contributed by atoms with E-state index in [0.717, 1.165) is 27.1 Å². The Bertz CT molecular complexity index is 1270. The van der Waals surface area contributed by atoms with Gasteiger partial charge in [-0.3, -0.25) is 4.79 Å². The molecule has 0 bridgehead atoms. The summed E-state index contributed by atoms with van der Waals surface area (Å²) in [7, 11) is -0.570. The van der Waals surface area contributed by atoms with Crippen LogP contribution in [0.2, 0.25) is 0 Å². The second-order valence-corrected chi connectivity index (χ2v) is 10.5. The molecule has 35 heavy (non-hydrogen) atoms. The van der Waals surface area contributed by atoms with Crippen molar-refractivity contribution in [3.05, 3.63) is 66.5 Å². The van der Waals surface area contributed by atoms with Crippen LogP contribution in [-0.4, -0.2) is 80.4 Å². The molecule has 1 aliphatic heterocycles. The molecule has 2 heterocycles. The second kappa shape index (κ2) is 10.4. The van der Waals surface area contributed by atoms with Crippen LogP contribution in [0.1, 0.15) is 17.3 Å². The first-order chi connectivity index (χ1) is 16.8. The number of nitrogens with zero attached hydrogens (tertiary/aromatic N) is 5. The van der Waals surface area contributed by atoms with Crippen LogP contribution in [0.15, 0.2) is 65.8 Å². The van der Waals surface area contributed by atoms with Gasteiger partial charge in [-0.05, 0) is 55.5 Å². The fourth-order valence-corrected chi connectivity index (χ4v) is 4.77. The third-order valence-corrected chi connectivity index (χ3v) is 7.71. The van der Waals surface area contributed by atoms with Gasteiger partial charge in [0.15, 0.2) is 0 Å². The van der Waals surface area contributed by atoms with E-state index in [1.54, 1.807) is 23.4 Å². The number of hydrogen-bond acceptors (Lipinski definition) is 7. The van der Waals surface area contributed by atoms with Crippen molar-refractivity contribution in [3.8, 4) is 17.0 Å². The molecular weight excluding hydrogens is 466 g/mol. The highest BCUT2D eigenvalue weighted by Gasteiger charge is 2.24. The molecule has 0 atom stereocenters. The lowest BCUT2D eigenvalue weighted by Gasteiger charge is -2.35. The summed E-state index contributed by atoms with van der Waals surface area (Å²) >= 11 is 0. The van der Waals surface area contributed by atoms with E-state index in [1.165, 1.54) is 26.2 Å². The summed E-state index contributed by atoms with van der Waals surface area (Å²) in [6.07, 6.45) is 1.56. The van der Waals surface area contributed by atoms with E-state index in [2.05, 4.69) is 14.9 Å². The van der Waals surface area contributed by atoms with E-state index in [4.69, 9.17) is 4.74 Å². The Hall–Kier alpha value is -3.50. The molecule has 184 valence electrons. The summed E-state index contributed by atoms with van der Waals surface area (Å²) in [5.41, 5.74) is 2.27. The predicted molar refractivity (Wildman–Crippen MR) is 134 cm³/mol. The maximum Gasteiger partial charge on any atom is 0.253 e. The summed E-state index contributed by atoms with van der Waals surface area (Å²) in [6, 6.07) is 15.8. The highest BCUT2D eigenvalue weighted by molar-refractivity contribution is 7.89. The minimum absolute atomic E-state index is 0.115. The molecule has 0 aliphatic carbocycles. The van der Waals surface area contributed by atoms with Crippen LogP contribution in [0.3, 0.4) is 0 Å². The number of rotatable bonds is 7. The largest absolute Gasteiger partial charge is 0.494 e. The molecule has 0 radical (unpaired) electrons. The molecule has 4 rings (SSSR count). The first kappa shape index (κ1) is 24.6. The van der Waals surface area contributed by atoms with Gasteiger partial charge in [0, 0.05) is 57.5 Å². The van der Waals surface area contributed by atoms with Crippen LogP contribution in [0.4, 0.5) is 5.82 Å². The Morgan fingerprint density at radius 3 is 2.23 bits per heavy atom. The van der Waals surface area contributed by atoms with Crippen molar-refractivity contribution in [1.29, 1.82) is 0 Å². The van der Waals surface area contributed by atoms with Crippen molar-refractivity contribution in [3.63, 3.8) is 0 Å². The molecule has 1 saturated heterocycles. The van der Waals surface area contributed by atoms with E-state index in [1.807, 2.05) is 37.3 Å². The van der Waals surface area contributed by atoms with E-state index >= 15 is 0 Å². The van der Waals surface area contributed by atoms with Gasteiger partial charge in [0.25, 0.3) is 5.91 Å². The number of carbonyl (C=O) groups is 1. The number of hydrogen-bond donors (Lipinski definition) is 0. The Labute approximate surface area is 206 Å². The Morgan fingerprint density at radius 2 is 1.63 bits per heavy atom. The van der Waals surface area contributed by atoms with Gasteiger partial charge in [-0.1, -0.05) is 0 Å². The molecule has 9 nitrogen and oxygen atoms in total. The number of sulfonamides is 1. The molecule has 2 aromatic carbocycles. The molecular formula is C25H29N5O4S. The van der Waals surface area contributed by atoms with Crippen LogP contribution in [0.25, 0.3) is 11.3 Å². The Morgan fingerprint density at radius 1 is 0.971 bits per heavy atom. The summed E-state index contributed by atoms with van der Waals surface area (Å²) < 4.78 is 31.2. The molecule has 0 spiro atoms. The predicted octanol–water partition coefficient (Wildman–Crippen LogP) is 2.76. The van der Waals surface area contributed by atoms with Gasteiger partial charge in [0.05, 0.1) is 17.2 Å². The smallest absolute Gasteiger partial charge is 0.253 e. The third kappa shape index (κ3) is 5.44. The lowest BCUT2D eigenvalue weighted by Crippen LogP contribution is -2.49. The van der Waals surface area contributed by atoms with Gasteiger partial charge in [-0.15, -0.1) is 0 Å². The summed E-state index contributed by atoms with van der Waals surface area (Å²) in [6.45, 7) is 4.93. The molecule has 1 fully saturated rings. The summed E-state index contributed by atoms with van der Waals surface area (Å²) in [5.74, 6) is 1.52. The van der Waals surface area contributed by atoms with Crippen molar-refractivity contribution in [2.45, 2.75) is 11.8 Å². The average Bonchev–Trinajstić information content (AvgIpc) is 2.89. The molecule has 1 aliphatic rings. The van der Waals surface area contributed by atoms with Gasteiger partial charge >= 0.3 is 0 Å². The number of aromatic nitrogens is 2. The van der Waals surface area contributed by atoms with Crippen molar-refractivity contribution in [1.82, 2.24) is 19.2 Å². The lowest BCUT2D eigenvalue weighted by molar-refractivity contribution is 0.0746. The topological polar surface area (TPSA) is 95.9 Å². The minimum atomic E-state index is -3.53. The zero-order chi connectivity index (χ0) is 25.0. The maximum absolute atomic E-state index is 13.0. The maximum atomic E-state index is 13.0. The number of anilines is 1. The van der Waals surface area contributed by atoms with Gasteiger partial charge < -0.3 is 14.5 Å². The highest BCUT2D eigenvalue weighted by atomic mass is 32.2. The van der Waals surface area contributed by atoms with Crippen LogP contribution in [0, 0.1) is 0 Å². The first-order valence-electron chi connectivity index (χ1n) is 11.4. The van der Waals surface area contributed by atoms with Crippen molar-refractivity contribution >= 4 is 21.7 Å². The molecule has 1 aromatic heterocycles. The molecule has 0 saturated carbocycles. The number of carbonyl (C=O) groups excluding carboxylic acids is 1. The Balaban J connectivity index is 1.40. The zero-order valence-electron chi connectivity index (χ0n) is 20.1. The molecule has 10 heteroatoms. The monoisotopic (exact) mass is 495 g/mol. The molecule has 3 aromatic rings. The minimum Gasteiger partial charge on any atom is -0.494 e. The normalized spacial score (nSPS) is 14.3. The second-order valence-electron chi connectivity index (χ2n) is 8.31. The Kier molecular flexibility index (Phi) is 7.32. The first-order valence-corrected chi connectivity index (χ1v) is 12.9. The highest BCUT2D eigenvalue weighted by Crippen LogP contribution is 2.24. The van der Waals surface area contributed by atoms with E-state index in [0.29, 0.717) is 38.3 Å². The van der Waals surface area contributed by atoms with Gasteiger partial charge in [-0.25, -0.2) is 22.7 Å². The summed E-state index contributed by atoms with van der Waals surface area (Å²) in [4.78, 5) is 25.9. The van der Waals surface area contributed by atoms with E-state index < -0.39 is 10.0 Å². The average molecular weight is 496 g/mol. The number of benzene rings is 2. The standard InChI is InChI=1S/C25H29N5O4S/c1-4-34-21-9-5-19(6-10-21)23-17-24(27-18-26-23)29-13-15-30(16-14-29)25(31)20-7-11-22(12-8-20)35(32,33)28(2)3/h5-12,17-18H,4,13-16H2,1-3H3. The lowest BCUT2D eigenvalue weighted by atomic mass is 10.1. The number of piperazine rings is 1. The number of amides is 1. The van der Waals surface area contributed by atoms with Crippen LogP contribution < -0.4 is 9.64 Å². The molecule has 0 N–H and O–H groups in total. The molecule has 1 amide bonds. The van der Waals surface area contributed by atoms with Crippen LogP contribution in [-0.2, 0) is 10.0 Å². The van der Waals surface area contributed by atoms with Crippen molar-refractivity contribution in [2.75, 3.05) is 51.8 Å². The van der Waals surface area contributed by atoms with Crippen LogP contribution in [0.5, 0.6) is 5.75 Å². The van der Waals surface area contributed by atoms with Crippen molar-refractivity contribution < 1.29 is 17.9 Å².